The molecule has 2 atom stereocenters. The molecule has 0 saturated carbocycles. The average molecular weight is 290 g/mol. The van der Waals surface area contributed by atoms with E-state index in [4.69, 9.17) is 4.74 Å². The summed E-state index contributed by atoms with van der Waals surface area (Å²) in [5, 5.41) is 3.60. The highest BCUT2D eigenvalue weighted by molar-refractivity contribution is 5.30. The largest absolute Gasteiger partial charge is 0.374 e. The fraction of sp³-hybridized carbons (Fsp3) is 0.667. The molecule has 1 heterocycles. The average Bonchev–Trinajstić information content (AvgIpc) is 2.44. The van der Waals surface area contributed by atoms with Crippen LogP contribution in [0.4, 0.5) is 0 Å². The lowest BCUT2D eigenvalue weighted by Crippen LogP contribution is -2.46. The number of morpholine rings is 1. The van der Waals surface area contributed by atoms with Crippen LogP contribution >= 0.6 is 0 Å². The molecule has 21 heavy (non-hydrogen) atoms. The van der Waals surface area contributed by atoms with E-state index >= 15 is 0 Å². The van der Waals surface area contributed by atoms with Crippen molar-refractivity contribution in [2.24, 2.45) is 0 Å². The lowest BCUT2D eigenvalue weighted by Gasteiger charge is -2.36. The Labute approximate surface area is 129 Å². The molecule has 1 aliphatic heterocycles. The van der Waals surface area contributed by atoms with Crippen LogP contribution in [0.5, 0.6) is 0 Å². The second-order valence-corrected chi connectivity index (χ2v) is 7.08. The van der Waals surface area contributed by atoms with Gasteiger partial charge in [0.25, 0.3) is 0 Å². The van der Waals surface area contributed by atoms with Crippen LogP contribution < -0.4 is 5.32 Å². The first-order chi connectivity index (χ1) is 9.91. The fourth-order valence-corrected chi connectivity index (χ4v) is 2.89. The van der Waals surface area contributed by atoms with Gasteiger partial charge in [0.15, 0.2) is 0 Å². The summed E-state index contributed by atoms with van der Waals surface area (Å²) in [5.41, 5.74) is 2.90. The number of benzene rings is 1. The zero-order chi connectivity index (χ0) is 15.5. The van der Waals surface area contributed by atoms with Crippen molar-refractivity contribution in [2.75, 3.05) is 33.3 Å². The Balaban J connectivity index is 2.17. The number of ether oxygens (including phenoxy) is 1. The summed E-state index contributed by atoms with van der Waals surface area (Å²) in [5.74, 6) is 0. The standard InChI is InChI=1S/C18H30N2O/c1-6-19-17(16-13-20(5)11-12-21-16)14-7-9-15(10-8-14)18(2,3)4/h7-10,16-17,19H,6,11-13H2,1-5H3. The maximum Gasteiger partial charge on any atom is 0.0896 e. The molecule has 0 aromatic heterocycles. The second-order valence-electron chi connectivity index (χ2n) is 7.08. The topological polar surface area (TPSA) is 24.5 Å². The first-order valence-electron chi connectivity index (χ1n) is 8.06. The highest BCUT2D eigenvalue weighted by atomic mass is 16.5. The van der Waals surface area contributed by atoms with Crippen molar-refractivity contribution in [1.29, 1.82) is 0 Å². The molecule has 1 aromatic rings. The van der Waals surface area contributed by atoms with E-state index in [9.17, 15) is 0 Å². The van der Waals surface area contributed by atoms with Gasteiger partial charge in [-0.05, 0) is 30.1 Å². The molecule has 2 rings (SSSR count). The van der Waals surface area contributed by atoms with Crippen LogP contribution in [0.3, 0.4) is 0 Å². The Hall–Kier alpha value is -0.900. The van der Waals surface area contributed by atoms with Crippen LogP contribution in [-0.2, 0) is 10.2 Å². The molecule has 0 bridgehead atoms. The Morgan fingerprint density at radius 3 is 2.48 bits per heavy atom. The number of nitrogens with zero attached hydrogens (tertiary/aromatic N) is 1. The van der Waals surface area contributed by atoms with Gasteiger partial charge in [-0.25, -0.2) is 0 Å². The van der Waals surface area contributed by atoms with E-state index in [1.54, 1.807) is 0 Å². The van der Waals surface area contributed by atoms with Crippen molar-refractivity contribution < 1.29 is 4.74 Å². The van der Waals surface area contributed by atoms with E-state index in [0.717, 1.165) is 26.2 Å². The van der Waals surface area contributed by atoms with E-state index < -0.39 is 0 Å². The minimum absolute atomic E-state index is 0.202. The van der Waals surface area contributed by atoms with Crippen molar-refractivity contribution in [3.8, 4) is 0 Å². The minimum Gasteiger partial charge on any atom is -0.374 e. The summed E-state index contributed by atoms with van der Waals surface area (Å²) in [6.45, 7) is 12.7. The van der Waals surface area contributed by atoms with E-state index in [-0.39, 0.29) is 17.6 Å². The summed E-state index contributed by atoms with van der Waals surface area (Å²) in [4.78, 5) is 2.35. The van der Waals surface area contributed by atoms with Crippen LogP contribution in [0.15, 0.2) is 24.3 Å². The molecule has 1 aliphatic rings. The Morgan fingerprint density at radius 1 is 1.29 bits per heavy atom. The second kappa shape index (κ2) is 6.91. The molecule has 3 nitrogen and oxygen atoms in total. The third-order valence-corrected chi connectivity index (χ3v) is 4.23. The number of hydrogen-bond acceptors (Lipinski definition) is 3. The van der Waals surface area contributed by atoms with Crippen LogP contribution in [0.1, 0.15) is 44.9 Å². The first-order valence-corrected chi connectivity index (χ1v) is 8.06. The quantitative estimate of drug-likeness (QED) is 0.922. The summed E-state index contributed by atoms with van der Waals surface area (Å²) in [7, 11) is 2.17. The molecule has 0 amide bonds. The molecule has 3 heteroatoms. The van der Waals surface area contributed by atoms with Gasteiger partial charge in [0, 0.05) is 13.1 Å². The van der Waals surface area contributed by atoms with Crippen LogP contribution in [0.2, 0.25) is 0 Å². The SMILES string of the molecule is CCNC(c1ccc(C(C)(C)C)cc1)C1CN(C)CCO1. The van der Waals surface area contributed by atoms with Crippen molar-refractivity contribution in [3.63, 3.8) is 0 Å². The molecular weight excluding hydrogens is 260 g/mol. The normalized spacial score (nSPS) is 22.2. The smallest absolute Gasteiger partial charge is 0.0896 e. The van der Waals surface area contributed by atoms with Crippen molar-refractivity contribution in [3.05, 3.63) is 35.4 Å². The van der Waals surface area contributed by atoms with E-state index in [0.29, 0.717) is 0 Å². The van der Waals surface area contributed by atoms with Gasteiger partial charge in [0.05, 0.1) is 18.8 Å². The molecule has 0 spiro atoms. The number of rotatable bonds is 4. The fourth-order valence-electron chi connectivity index (χ4n) is 2.89. The molecular formula is C18H30N2O. The zero-order valence-electron chi connectivity index (χ0n) is 14.1. The van der Waals surface area contributed by atoms with Gasteiger partial charge in [0.2, 0.25) is 0 Å². The molecule has 1 aromatic carbocycles. The molecule has 0 aliphatic carbocycles. The van der Waals surface area contributed by atoms with Gasteiger partial charge in [-0.3, -0.25) is 0 Å². The van der Waals surface area contributed by atoms with E-state index in [1.807, 2.05) is 0 Å². The molecule has 1 N–H and O–H groups in total. The maximum absolute atomic E-state index is 6.01. The van der Waals surface area contributed by atoms with Gasteiger partial charge in [-0.1, -0.05) is 52.0 Å². The van der Waals surface area contributed by atoms with Gasteiger partial charge < -0.3 is 15.0 Å². The van der Waals surface area contributed by atoms with Crippen molar-refractivity contribution in [2.45, 2.75) is 45.3 Å². The molecule has 1 saturated heterocycles. The van der Waals surface area contributed by atoms with Crippen molar-refractivity contribution >= 4 is 0 Å². The Bertz CT molecular complexity index is 436. The van der Waals surface area contributed by atoms with E-state index in [1.165, 1.54) is 11.1 Å². The predicted octanol–water partition coefficient (Wildman–Crippen LogP) is 2.97. The number of nitrogens with one attached hydrogen (secondary N) is 1. The van der Waals surface area contributed by atoms with Crippen LogP contribution in [-0.4, -0.2) is 44.3 Å². The van der Waals surface area contributed by atoms with Crippen LogP contribution in [0, 0.1) is 0 Å². The van der Waals surface area contributed by atoms with Gasteiger partial charge in [-0.2, -0.15) is 0 Å². The number of likely N-dealkylation sites (N-methyl/N-ethyl adjacent to an activating group) is 2. The van der Waals surface area contributed by atoms with Crippen molar-refractivity contribution in [1.82, 2.24) is 10.2 Å². The molecule has 118 valence electrons. The third-order valence-electron chi connectivity index (χ3n) is 4.23. The number of hydrogen-bond donors (Lipinski definition) is 1. The highest BCUT2D eigenvalue weighted by Gasteiger charge is 2.27. The Kier molecular flexibility index (Phi) is 5.42. The van der Waals surface area contributed by atoms with E-state index in [2.05, 4.69) is 69.2 Å². The summed E-state index contributed by atoms with van der Waals surface area (Å²) in [6.07, 6.45) is 0.226. The van der Waals surface area contributed by atoms with Gasteiger partial charge >= 0.3 is 0 Å². The predicted molar refractivity (Wildman–Crippen MR) is 88.8 cm³/mol. The van der Waals surface area contributed by atoms with Gasteiger partial charge in [-0.15, -0.1) is 0 Å². The monoisotopic (exact) mass is 290 g/mol. The van der Waals surface area contributed by atoms with Crippen LogP contribution in [0.25, 0.3) is 0 Å². The Morgan fingerprint density at radius 2 is 1.95 bits per heavy atom. The summed E-state index contributed by atoms with van der Waals surface area (Å²) >= 11 is 0. The lowest BCUT2D eigenvalue weighted by atomic mass is 9.86. The molecule has 0 radical (unpaired) electrons. The minimum atomic E-state index is 0.202. The molecule has 1 fully saturated rings. The maximum atomic E-state index is 6.01. The summed E-state index contributed by atoms with van der Waals surface area (Å²) in [6, 6.07) is 9.29. The lowest BCUT2D eigenvalue weighted by molar-refractivity contribution is -0.0390. The third kappa shape index (κ3) is 4.29. The summed E-state index contributed by atoms with van der Waals surface area (Å²) < 4.78 is 6.01. The first kappa shape index (κ1) is 16.5. The van der Waals surface area contributed by atoms with Gasteiger partial charge in [0.1, 0.15) is 0 Å². The zero-order valence-corrected chi connectivity index (χ0v) is 14.1. The molecule has 2 unspecified atom stereocenters. The highest BCUT2D eigenvalue weighted by Crippen LogP contribution is 2.26.